The zero-order valence-corrected chi connectivity index (χ0v) is 13.2. The van der Waals surface area contributed by atoms with Crippen LogP contribution >= 0.6 is 0 Å². The molecule has 7 heteroatoms. The van der Waals surface area contributed by atoms with Crippen molar-refractivity contribution in [3.63, 3.8) is 0 Å². The Morgan fingerprint density at radius 1 is 1.12 bits per heavy atom. The molecule has 1 aliphatic rings. The molecule has 1 aromatic heterocycles. The van der Waals surface area contributed by atoms with Crippen LogP contribution in [-0.4, -0.2) is 28.9 Å². The molecule has 4 amide bonds. The van der Waals surface area contributed by atoms with Crippen molar-refractivity contribution in [3.8, 4) is 0 Å². The highest BCUT2D eigenvalue weighted by Gasteiger charge is 2.37. The third kappa shape index (κ3) is 2.83. The van der Waals surface area contributed by atoms with E-state index < -0.39 is 11.8 Å². The third-order valence-corrected chi connectivity index (χ3v) is 3.43. The topological polar surface area (TPSA) is 91.4 Å². The lowest BCUT2D eigenvalue weighted by atomic mass is 10.2. The number of imide groups is 1. The van der Waals surface area contributed by atoms with E-state index in [1.165, 1.54) is 6.20 Å². The van der Waals surface area contributed by atoms with Crippen LogP contribution in [0.25, 0.3) is 0 Å². The van der Waals surface area contributed by atoms with Crippen molar-refractivity contribution in [2.75, 3.05) is 10.2 Å². The van der Waals surface area contributed by atoms with Crippen LogP contribution in [0.15, 0.2) is 42.6 Å². The summed E-state index contributed by atoms with van der Waals surface area (Å²) < 4.78 is 0. The molecule has 0 radical (unpaired) electrons. The Morgan fingerprint density at radius 3 is 2.62 bits per heavy atom. The maximum Gasteiger partial charge on any atom is 0.319 e. The molecule has 0 saturated heterocycles. The van der Waals surface area contributed by atoms with E-state index in [-0.39, 0.29) is 23.3 Å². The van der Waals surface area contributed by atoms with Crippen LogP contribution in [0.4, 0.5) is 16.2 Å². The fraction of sp³-hybridized carbons (Fsp3) is 0.176. The summed E-state index contributed by atoms with van der Waals surface area (Å²) in [5, 5.41) is 5.38. The zero-order chi connectivity index (χ0) is 17.3. The maximum absolute atomic E-state index is 12.5. The Morgan fingerprint density at radius 2 is 1.92 bits per heavy atom. The van der Waals surface area contributed by atoms with Crippen LogP contribution in [0.1, 0.15) is 34.7 Å². The van der Waals surface area contributed by atoms with Gasteiger partial charge in [0.1, 0.15) is 5.69 Å². The number of fused-ring (bicyclic) bond motifs is 1. The normalized spacial score (nSPS) is 13.2. The number of anilines is 2. The van der Waals surface area contributed by atoms with Gasteiger partial charge in [0.25, 0.3) is 11.8 Å². The summed E-state index contributed by atoms with van der Waals surface area (Å²) in [6.45, 7) is 3.70. The molecular weight excluding hydrogens is 308 g/mol. The number of carbonyl (C=O) groups is 3. The molecule has 0 bridgehead atoms. The van der Waals surface area contributed by atoms with E-state index in [1.54, 1.807) is 36.4 Å². The molecule has 2 aromatic rings. The fourth-order valence-corrected chi connectivity index (χ4v) is 2.45. The van der Waals surface area contributed by atoms with Crippen molar-refractivity contribution < 1.29 is 14.4 Å². The Bertz CT molecular complexity index is 797. The van der Waals surface area contributed by atoms with Gasteiger partial charge in [0.2, 0.25) is 0 Å². The summed E-state index contributed by atoms with van der Waals surface area (Å²) in [6, 6.07) is 9.37. The summed E-state index contributed by atoms with van der Waals surface area (Å²) in [5.41, 5.74) is 1.28. The van der Waals surface area contributed by atoms with E-state index in [0.29, 0.717) is 11.4 Å². The molecule has 0 saturated carbocycles. The predicted molar refractivity (Wildman–Crippen MR) is 89.1 cm³/mol. The first-order chi connectivity index (χ1) is 11.5. The van der Waals surface area contributed by atoms with Gasteiger partial charge in [0, 0.05) is 17.9 Å². The summed E-state index contributed by atoms with van der Waals surface area (Å²) >= 11 is 0. The van der Waals surface area contributed by atoms with Crippen molar-refractivity contribution in [2.45, 2.75) is 19.9 Å². The highest BCUT2D eigenvalue weighted by atomic mass is 16.2. The average Bonchev–Trinajstić information content (AvgIpc) is 2.79. The van der Waals surface area contributed by atoms with E-state index in [4.69, 9.17) is 0 Å². The van der Waals surface area contributed by atoms with Crippen molar-refractivity contribution in [2.24, 2.45) is 0 Å². The lowest BCUT2D eigenvalue weighted by molar-refractivity contribution is 0.0924. The van der Waals surface area contributed by atoms with Gasteiger partial charge >= 0.3 is 6.03 Å². The molecular formula is C17H16N4O3. The molecule has 1 aliphatic heterocycles. The second-order valence-corrected chi connectivity index (χ2v) is 5.65. The highest BCUT2D eigenvalue weighted by Crippen LogP contribution is 2.28. The van der Waals surface area contributed by atoms with E-state index in [1.807, 2.05) is 13.8 Å². The summed E-state index contributed by atoms with van der Waals surface area (Å²) in [6.07, 6.45) is 1.47. The average molecular weight is 324 g/mol. The monoisotopic (exact) mass is 324 g/mol. The minimum Gasteiger partial charge on any atom is -0.336 e. The molecule has 0 unspecified atom stereocenters. The van der Waals surface area contributed by atoms with Crippen molar-refractivity contribution in [1.82, 2.24) is 10.3 Å². The van der Waals surface area contributed by atoms with Crippen molar-refractivity contribution in [1.29, 1.82) is 0 Å². The van der Waals surface area contributed by atoms with Gasteiger partial charge < -0.3 is 10.6 Å². The van der Waals surface area contributed by atoms with Gasteiger partial charge in [0.05, 0.1) is 11.3 Å². The maximum atomic E-state index is 12.5. The van der Waals surface area contributed by atoms with E-state index in [2.05, 4.69) is 15.6 Å². The fourth-order valence-electron chi connectivity index (χ4n) is 2.45. The van der Waals surface area contributed by atoms with Crippen LogP contribution in [-0.2, 0) is 0 Å². The van der Waals surface area contributed by atoms with Crippen LogP contribution < -0.4 is 15.5 Å². The number of hydrogen-bond acceptors (Lipinski definition) is 4. The van der Waals surface area contributed by atoms with Crippen LogP contribution in [0.2, 0.25) is 0 Å². The second-order valence-electron chi connectivity index (χ2n) is 5.65. The summed E-state index contributed by atoms with van der Waals surface area (Å²) in [7, 11) is 0. The van der Waals surface area contributed by atoms with E-state index in [0.717, 1.165) is 4.90 Å². The number of carbonyl (C=O) groups excluding carboxylic acids is 3. The van der Waals surface area contributed by atoms with Crippen LogP contribution in [0, 0.1) is 0 Å². The lowest BCUT2D eigenvalue weighted by Gasteiger charge is -2.15. The number of urea groups is 1. The molecule has 0 aliphatic carbocycles. The molecule has 3 rings (SSSR count). The first-order valence-corrected chi connectivity index (χ1v) is 7.49. The minimum atomic E-state index is -0.473. The lowest BCUT2D eigenvalue weighted by Crippen LogP contribution is -2.34. The van der Waals surface area contributed by atoms with Crippen molar-refractivity contribution in [3.05, 3.63) is 53.9 Å². The number of aromatic nitrogens is 1. The number of amides is 4. The van der Waals surface area contributed by atoms with Gasteiger partial charge in [-0.25, -0.2) is 9.69 Å². The van der Waals surface area contributed by atoms with Crippen LogP contribution in [0.5, 0.6) is 0 Å². The number of nitrogens with zero attached hydrogens (tertiary/aromatic N) is 2. The third-order valence-electron chi connectivity index (χ3n) is 3.43. The molecule has 0 spiro atoms. The van der Waals surface area contributed by atoms with Gasteiger partial charge in [-0.15, -0.1) is 0 Å². The molecule has 2 N–H and O–H groups in total. The zero-order valence-electron chi connectivity index (χ0n) is 13.2. The van der Waals surface area contributed by atoms with Gasteiger partial charge in [-0.2, -0.15) is 0 Å². The van der Waals surface area contributed by atoms with Gasteiger partial charge in [-0.1, -0.05) is 6.07 Å². The molecule has 122 valence electrons. The van der Waals surface area contributed by atoms with Gasteiger partial charge in [-0.3, -0.25) is 14.6 Å². The number of pyridine rings is 1. The molecule has 24 heavy (non-hydrogen) atoms. The molecule has 0 fully saturated rings. The highest BCUT2D eigenvalue weighted by molar-refractivity contribution is 6.33. The van der Waals surface area contributed by atoms with Crippen molar-refractivity contribution >= 4 is 29.2 Å². The van der Waals surface area contributed by atoms with Gasteiger partial charge in [-0.05, 0) is 44.2 Å². The molecule has 2 heterocycles. The van der Waals surface area contributed by atoms with Crippen LogP contribution in [0.3, 0.4) is 0 Å². The standard InChI is InChI=1S/C17H16N4O3/c1-10(2)19-17(24)20-11-5-3-6-12(9-11)21-15(22)13-7-4-8-18-14(13)16(21)23/h3-10H,1-2H3,(H2,19,20,24). The summed E-state index contributed by atoms with van der Waals surface area (Å²) in [4.78, 5) is 41.7. The molecule has 7 nitrogen and oxygen atoms in total. The number of nitrogens with one attached hydrogen (secondary N) is 2. The van der Waals surface area contributed by atoms with E-state index >= 15 is 0 Å². The summed E-state index contributed by atoms with van der Waals surface area (Å²) in [5.74, 6) is -0.897. The first-order valence-electron chi connectivity index (χ1n) is 7.49. The SMILES string of the molecule is CC(C)NC(=O)Nc1cccc(N2C(=O)c3cccnc3C2=O)c1. The number of benzene rings is 1. The first kappa shape index (κ1) is 15.7. The number of hydrogen-bond donors (Lipinski definition) is 2. The number of rotatable bonds is 3. The Kier molecular flexibility index (Phi) is 3.99. The Labute approximate surface area is 138 Å². The second kappa shape index (κ2) is 6.11. The van der Waals surface area contributed by atoms with E-state index in [9.17, 15) is 14.4 Å². The largest absolute Gasteiger partial charge is 0.336 e. The Hall–Kier alpha value is -3.22. The molecule has 0 atom stereocenters. The minimum absolute atomic E-state index is 0.00417. The smallest absolute Gasteiger partial charge is 0.319 e. The van der Waals surface area contributed by atoms with Gasteiger partial charge in [0.15, 0.2) is 0 Å². The quantitative estimate of drug-likeness (QED) is 0.848. The Balaban J connectivity index is 1.86. The predicted octanol–water partition coefficient (Wildman–Crippen LogP) is 2.41. The molecule has 1 aromatic carbocycles.